The van der Waals surface area contributed by atoms with Gasteiger partial charge in [-0.15, -0.1) is 0 Å². The van der Waals surface area contributed by atoms with Gasteiger partial charge in [-0.3, -0.25) is 4.79 Å². The summed E-state index contributed by atoms with van der Waals surface area (Å²) in [6.45, 7) is 7.99. The fourth-order valence-corrected chi connectivity index (χ4v) is 9.13. The SMILES string of the molecule is CC1(C)O[C@@]23CCC4(C)[C@@]5(C)c6[nH]c7ccccc7c6C[C@@H]5C[C@H](OC(=O)c5cncnc5)[C@@]4(O)C2=CC(=O)C1O3. The number of benzene rings is 1. The molecule has 3 aromatic rings. The number of hydrogen-bond acceptors (Lipinski definition) is 8. The van der Waals surface area contributed by atoms with Crippen LogP contribution in [-0.4, -0.2) is 61.0 Å². The molecular formula is C32H33N3O6. The number of fused-ring (bicyclic) bond motifs is 9. The second-order valence-corrected chi connectivity index (χ2v) is 13.4. The Morgan fingerprint density at radius 1 is 1.12 bits per heavy atom. The third kappa shape index (κ3) is 2.87. The number of aliphatic hydroxyl groups is 1. The van der Waals surface area contributed by atoms with Crippen LogP contribution in [0.1, 0.15) is 68.6 Å². The van der Waals surface area contributed by atoms with Crippen molar-refractivity contribution in [2.24, 2.45) is 11.3 Å². The minimum Gasteiger partial charge on any atom is -0.455 e. The summed E-state index contributed by atoms with van der Waals surface area (Å²) >= 11 is 0. The zero-order valence-electron chi connectivity index (χ0n) is 23.6. The first-order valence-corrected chi connectivity index (χ1v) is 14.4. The fourth-order valence-electron chi connectivity index (χ4n) is 9.13. The number of aromatic amines is 1. The molecule has 7 atom stereocenters. The van der Waals surface area contributed by atoms with Gasteiger partial charge >= 0.3 is 5.97 Å². The summed E-state index contributed by atoms with van der Waals surface area (Å²) in [6.07, 6.45) is 6.14. The molecule has 1 aromatic carbocycles. The molecule has 2 saturated carbocycles. The summed E-state index contributed by atoms with van der Waals surface area (Å²) < 4.78 is 19.2. The minimum atomic E-state index is -1.76. The van der Waals surface area contributed by atoms with Gasteiger partial charge in [0.1, 0.15) is 23.6 Å². The zero-order valence-corrected chi connectivity index (χ0v) is 23.6. The number of nitrogens with zero attached hydrogens (tertiary/aromatic N) is 2. The standard InChI is InChI=1S/C32H33N3O6/c1-28(2)26-22(36)13-23-31(40-26,41-28)10-9-29(3)30(4)18(11-20-19-7-5-6-8-21(19)35-25(20)30)12-24(32(23,29)38)39-27(37)17-14-33-16-34-15-17/h5-8,13-16,18,24,26,35,38H,9-12H2,1-4H3/t18-,24+,26?,29?,30-,31+,32+/m1/s1. The van der Waals surface area contributed by atoms with E-state index in [2.05, 4.69) is 40.9 Å². The van der Waals surface area contributed by atoms with E-state index in [4.69, 9.17) is 14.2 Å². The summed E-state index contributed by atoms with van der Waals surface area (Å²) in [4.78, 5) is 38.6. The van der Waals surface area contributed by atoms with Crippen LogP contribution >= 0.6 is 0 Å². The first-order valence-electron chi connectivity index (χ1n) is 14.4. The van der Waals surface area contributed by atoms with Crippen LogP contribution in [0, 0.1) is 11.3 Å². The normalized spacial score (nSPS) is 39.9. The van der Waals surface area contributed by atoms with E-state index in [9.17, 15) is 14.7 Å². The molecule has 0 radical (unpaired) electrons. The third-order valence-corrected chi connectivity index (χ3v) is 11.3. The molecule has 1 saturated heterocycles. The second-order valence-electron chi connectivity index (χ2n) is 13.4. The molecule has 1 spiro atoms. The molecule has 2 bridgehead atoms. The van der Waals surface area contributed by atoms with Gasteiger partial charge in [-0.05, 0) is 56.7 Å². The van der Waals surface area contributed by atoms with E-state index in [-0.39, 0.29) is 17.3 Å². The summed E-state index contributed by atoms with van der Waals surface area (Å²) in [6, 6.07) is 8.27. The average molecular weight is 556 g/mol. The molecule has 2 aromatic heterocycles. The highest BCUT2D eigenvalue weighted by Gasteiger charge is 2.78. The van der Waals surface area contributed by atoms with E-state index in [0.29, 0.717) is 24.8 Å². The van der Waals surface area contributed by atoms with Crippen molar-refractivity contribution in [2.45, 2.75) is 88.0 Å². The lowest BCUT2D eigenvalue weighted by Gasteiger charge is -2.67. The van der Waals surface area contributed by atoms with Crippen LogP contribution in [0.25, 0.3) is 10.9 Å². The van der Waals surface area contributed by atoms with Gasteiger partial charge < -0.3 is 24.3 Å². The Labute approximate surface area is 237 Å². The molecule has 4 heterocycles. The molecule has 0 amide bonds. The zero-order chi connectivity index (χ0) is 28.6. The van der Waals surface area contributed by atoms with Gasteiger partial charge in [0, 0.05) is 51.8 Å². The maximum Gasteiger partial charge on any atom is 0.341 e. The highest BCUT2D eigenvalue weighted by molar-refractivity contribution is 5.97. The molecule has 2 aliphatic heterocycles. The predicted molar refractivity (Wildman–Crippen MR) is 147 cm³/mol. The molecule has 2 unspecified atom stereocenters. The van der Waals surface area contributed by atoms with Crippen molar-refractivity contribution in [1.82, 2.24) is 15.0 Å². The van der Waals surface area contributed by atoms with Crippen molar-refractivity contribution < 1.29 is 28.9 Å². The number of esters is 1. The van der Waals surface area contributed by atoms with Crippen molar-refractivity contribution in [3.8, 4) is 0 Å². The number of ketones is 1. The third-order valence-electron chi connectivity index (χ3n) is 11.3. The van der Waals surface area contributed by atoms with E-state index >= 15 is 0 Å². The van der Waals surface area contributed by atoms with Gasteiger partial charge in [-0.2, -0.15) is 0 Å². The van der Waals surface area contributed by atoms with Crippen LogP contribution in [0.3, 0.4) is 0 Å². The lowest BCUT2D eigenvalue weighted by molar-refractivity contribution is -0.273. The highest BCUT2D eigenvalue weighted by Crippen LogP contribution is 2.72. The fraction of sp³-hybridized carbons (Fsp3) is 0.500. The molecule has 9 heteroatoms. The molecule has 3 aliphatic carbocycles. The van der Waals surface area contributed by atoms with Crippen LogP contribution in [0.2, 0.25) is 0 Å². The maximum atomic E-state index is 13.5. The topological polar surface area (TPSA) is 124 Å². The van der Waals surface area contributed by atoms with Crippen molar-refractivity contribution in [1.29, 1.82) is 0 Å². The number of H-pyrrole nitrogens is 1. The van der Waals surface area contributed by atoms with Gasteiger partial charge in [0.05, 0.1) is 5.56 Å². The number of carbonyl (C=O) groups is 2. The average Bonchev–Trinajstić information content (AvgIpc) is 3.54. The van der Waals surface area contributed by atoms with E-state index in [0.717, 1.165) is 17.6 Å². The maximum absolute atomic E-state index is 13.5. The number of nitrogens with one attached hydrogen (secondary N) is 1. The Morgan fingerprint density at radius 3 is 2.66 bits per heavy atom. The van der Waals surface area contributed by atoms with Gasteiger partial charge in [0.15, 0.2) is 17.7 Å². The van der Waals surface area contributed by atoms with Gasteiger partial charge in [-0.25, -0.2) is 14.8 Å². The van der Waals surface area contributed by atoms with Gasteiger partial charge in [0.2, 0.25) is 0 Å². The van der Waals surface area contributed by atoms with Gasteiger partial charge in [-0.1, -0.05) is 32.0 Å². The van der Waals surface area contributed by atoms with Crippen LogP contribution in [0.15, 0.2) is 54.6 Å². The number of carbonyl (C=O) groups excluding carboxylic acids is 2. The monoisotopic (exact) mass is 555 g/mol. The molecular weight excluding hydrogens is 522 g/mol. The Kier molecular flexibility index (Phi) is 4.76. The van der Waals surface area contributed by atoms with Crippen LogP contribution in [0.4, 0.5) is 0 Å². The first kappa shape index (κ1) is 25.3. The van der Waals surface area contributed by atoms with Crippen LogP contribution < -0.4 is 0 Å². The van der Waals surface area contributed by atoms with Crippen molar-refractivity contribution >= 4 is 22.7 Å². The molecule has 2 N–H and O–H groups in total. The smallest absolute Gasteiger partial charge is 0.341 e. The molecule has 3 fully saturated rings. The number of rotatable bonds is 2. The second kappa shape index (κ2) is 7.70. The molecule has 8 rings (SSSR count). The van der Waals surface area contributed by atoms with E-state index in [1.807, 2.05) is 26.0 Å². The van der Waals surface area contributed by atoms with E-state index in [1.165, 1.54) is 35.7 Å². The van der Waals surface area contributed by atoms with Crippen molar-refractivity contribution in [3.63, 3.8) is 0 Å². The minimum absolute atomic E-state index is 0.0759. The van der Waals surface area contributed by atoms with E-state index < -0.39 is 46.0 Å². The lowest BCUT2D eigenvalue weighted by atomic mass is 9.41. The lowest BCUT2D eigenvalue weighted by Crippen LogP contribution is -2.75. The Hall–Kier alpha value is -3.40. The predicted octanol–water partition coefficient (Wildman–Crippen LogP) is 3.95. The first-order chi connectivity index (χ1) is 19.4. The largest absolute Gasteiger partial charge is 0.455 e. The number of ether oxygens (including phenoxy) is 3. The van der Waals surface area contributed by atoms with E-state index in [1.54, 1.807) is 0 Å². The summed E-state index contributed by atoms with van der Waals surface area (Å²) in [5.41, 5.74) is -0.0390. The Bertz CT molecular complexity index is 1680. The Morgan fingerprint density at radius 2 is 1.88 bits per heavy atom. The number of para-hydroxylation sites is 1. The summed E-state index contributed by atoms with van der Waals surface area (Å²) in [5.74, 6) is -2.07. The highest BCUT2D eigenvalue weighted by atomic mass is 16.8. The van der Waals surface area contributed by atoms with Crippen LogP contribution in [-0.2, 0) is 30.8 Å². The molecule has 41 heavy (non-hydrogen) atoms. The summed E-state index contributed by atoms with van der Waals surface area (Å²) in [5, 5.41) is 14.5. The Balaban J connectivity index is 1.33. The molecule has 9 nitrogen and oxygen atoms in total. The van der Waals surface area contributed by atoms with Crippen LogP contribution in [0.5, 0.6) is 0 Å². The molecule has 212 valence electrons. The summed E-state index contributed by atoms with van der Waals surface area (Å²) in [7, 11) is 0. The quantitative estimate of drug-likeness (QED) is 0.456. The number of hydrogen-bond donors (Lipinski definition) is 2. The number of aromatic nitrogens is 3. The van der Waals surface area contributed by atoms with Crippen molar-refractivity contribution in [2.75, 3.05) is 0 Å². The molecule has 5 aliphatic rings. The van der Waals surface area contributed by atoms with Gasteiger partial charge in [0.25, 0.3) is 0 Å². The van der Waals surface area contributed by atoms with Crippen molar-refractivity contribution in [3.05, 3.63) is 71.5 Å².